The highest BCUT2D eigenvalue weighted by Crippen LogP contribution is 2.27. The molecule has 5 nitrogen and oxygen atoms in total. The molecule has 1 heterocycles. The molecule has 1 aromatic carbocycles. The number of anilines is 1. The van der Waals surface area contributed by atoms with Crippen LogP contribution in [-0.2, 0) is 4.74 Å². The van der Waals surface area contributed by atoms with Crippen LogP contribution in [0.3, 0.4) is 0 Å². The molecule has 0 spiro atoms. The molecular formula is C15H22N2O3S. The van der Waals surface area contributed by atoms with Crippen molar-refractivity contribution in [2.45, 2.75) is 24.3 Å². The van der Waals surface area contributed by atoms with Crippen LogP contribution in [0.4, 0.5) is 10.5 Å². The zero-order chi connectivity index (χ0) is 15.1. The van der Waals surface area contributed by atoms with E-state index in [1.165, 1.54) is 0 Å². The van der Waals surface area contributed by atoms with E-state index in [1.54, 1.807) is 16.7 Å². The standard InChI is InChI=1S/C15H22N2O3S/c1-2-9-21-14-6-4-3-5-13(14)16-15(19)17-7-8-20-11-12(17)10-18/h3-6,12,18H,2,7-11H2,1H3,(H,16,19)/t12-/m1/s1. The van der Waals surface area contributed by atoms with E-state index in [-0.39, 0.29) is 18.7 Å². The van der Waals surface area contributed by atoms with Gasteiger partial charge < -0.3 is 20.1 Å². The molecule has 116 valence electrons. The van der Waals surface area contributed by atoms with Crippen LogP contribution in [0.2, 0.25) is 0 Å². The summed E-state index contributed by atoms with van der Waals surface area (Å²) in [7, 11) is 0. The molecule has 1 aromatic rings. The number of morpholine rings is 1. The maximum atomic E-state index is 12.4. The summed E-state index contributed by atoms with van der Waals surface area (Å²) in [6.45, 7) is 3.45. The third kappa shape index (κ3) is 4.36. The van der Waals surface area contributed by atoms with Crippen molar-refractivity contribution < 1.29 is 14.6 Å². The summed E-state index contributed by atoms with van der Waals surface area (Å²) in [4.78, 5) is 15.1. The minimum atomic E-state index is -0.269. The summed E-state index contributed by atoms with van der Waals surface area (Å²) in [5.74, 6) is 1.02. The van der Waals surface area contributed by atoms with E-state index in [0.717, 1.165) is 22.8 Å². The molecule has 1 saturated heterocycles. The normalized spacial score (nSPS) is 18.6. The first kappa shape index (κ1) is 16.1. The summed E-state index contributed by atoms with van der Waals surface area (Å²) >= 11 is 1.73. The Balaban J connectivity index is 2.04. The third-order valence-electron chi connectivity index (χ3n) is 3.29. The number of aliphatic hydroxyl groups excluding tert-OH is 1. The fraction of sp³-hybridized carbons (Fsp3) is 0.533. The summed E-state index contributed by atoms with van der Waals surface area (Å²) in [5, 5.41) is 12.3. The van der Waals surface area contributed by atoms with Crippen LogP contribution >= 0.6 is 11.8 Å². The van der Waals surface area contributed by atoms with Crippen LogP contribution in [0.5, 0.6) is 0 Å². The van der Waals surface area contributed by atoms with E-state index in [1.807, 2.05) is 24.3 Å². The lowest BCUT2D eigenvalue weighted by Gasteiger charge is -2.34. The molecule has 2 rings (SSSR count). The van der Waals surface area contributed by atoms with Crippen LogP contribution < -0.4 is 5.32 Å². The van der Waals surface area contributed by atoms with Gasteiger partial charge in [0.15, 0.2) is 0 Å². The lowest BCUT2D eigenvalue weighted by Crippen LogP contribution is -2.52. The molecule has 0 unspecified atom stereocenters. The molecule has 21 heavy (non-hydrogen) atoms. The summed E-state index contributed by atoms with van der Waals surface area (Å²) in [6, 6.07) is 7.35. The van der Waals surface area contributed by atoms with Crippen LogP contribution in [-0.4, -0.2) is 54.2 Å². The molecule has 0 bridgehead atoms. The first-order valence-corrected chi connectivity index (χ1v) is 8.23. The van der Waals surface area contributed by atoms with Gasteiger partial charge in [-0.2, -0.15) is 0 Å². The fourth-order valence-electron chi connectivity index (χ4n) is 2.17. The number of hydrogen-bond acceptors (Lipinski definition) is 4. The monoisotopic (exact) mass is 310 g/mol. The molecule has 2 amide bonds. The topological polar surface area (TPSA) is 61.8 Å². The Kier molecular flexibility index (Phi) is 6.35. The van der Waals surface area contributed by atoms with Gasteiger partial charge in [0.1, 0.15) is 0 Å². The number of thioether (sulfide) groups is 1. The van der Waals surface area contributed by atoms with Gasteiger partial charge in [-0.25, -0.2) is 4.79 Å². The van der Waals surface area contributed by atoms with E-state index in [4.69, 9.17) is 4.74 Å². The highest BCUT2D eigenvalue weighted by molar-refractivity contribution is 7.99. The van der Waals surface area contributed by atoms with E-state index in [0.29, 0.717) is 19.8 Å². The molecule has 1 aliphatic heterocycles. The van der Waals surface area contributed by atoms with Crippen molar-refractivity contribution >= 4 is 23.5 Å². The second-order valence-corrected chi connectivity index (χ2v) is 6.02. The third-order valence-corrected chi connectivity index (χ3v) is 4.57. The number of hydrogen-bond donors (Lipinski definition) is 2. The first-order valence-electron chi connectivity index (χ1n) is 7.24. The van der Waals surface area contributed by atoms with Gasteiger partial charge in [0.05, 0.1) is 31.5 Å². The second kappa shape index (κ2) is 8.26. The van der Waals surface area contributed by atoms with Gasteiger partial charge in [-0.3, -0.25) is 0 Å². The summed E-state index contributed by atoms with van der Waals surface area (Å²) < 4.78 is 5.29. The Labute approximate surface area is 129 Å². The number of ether oxygens (including phenoxy) is 1. The molecule has 1 atom stereocenters. The second-order valence-electron chi connectivity index (χ2n) is 4.88. The van der Waals surface area contributed by atoms with Gasteiger partial charge in [-0.05, 0) is 24.3 Å². The maximum absolute atomic E-state index is 12.4. The fourth-order valence-corrected chi connectivity index (χ4v) is 3.04. The molecule has 0 saturated carbocycles. The van der Waals surface area contributed by atoms with Crippen molar-refractivity contribution in [1.82, 2.24) is 4.90 Å². The Morgan fingerprint density at radius 2 is 2.33 bits per heavy atom. The number of amides is 2. The van der Waals surface area contributed by atoms with Gasteiger partial charge in [-0.1, -0.05) is 19.1 Å². The van der Waals surface area contributed by atoms with E-state index in [2.05, 4.69) is 12.2 Å². The van der Waals surface area contributed by atoms with E-state index >= 15 is 0 Å². The highest BCUT2D eigenvalue weighted by Gasteiger charge is 2.27. The number of carbonyl (C=O) groups is 1. The van der Waals surface area contributed by atoms with Crippen molar-refractivity contribution in [1.29, 1.82) is 0 Å². The number of rotatable bonds is 5. The molecule has 2 N–H and O–H groups in total. The Hall–Kier alpha value is -1.24. The molecule has 0 radical (unpaired) electrons. The molecule has 6 heteroatoms. The Morgan fingerprint density at radius 3 is 3.10 bits per heavy atom. The highest BCUT2D eigenvalue weighted by atomic mass is 32.2. The largest absolute Gasteiger partial charge is 0.394 e. The van der Waals surface area contributed by atoms with Gasteiger partial charge in [0, 0.05) is 11.4 Å². The number of para-hydroxylation sites is 1. The van der Waals surface area contributed by atoms with Gasteiger partial charge >= 0.3 is 6.03 Å². The van der Waals surface area contributed by atoms with Crippen molar-refractivity contribution in [2.24, 2.45) is 0 Å². The van der Waals surface area contributed by atoms with Crippen LogP contribution in [0, 0.1) is 0 Å². The Morgan fingerprint density at radius 1 is 1.52 bits per heavy atom. The smallest absolute Gasteiger partial charge is 0.322 e. The van der Waals surface area contributed by atoms with Gasteiger partial charge in [-0.15, -0.1) is 11.8 Å². The minimum Gasteiger partial charge on any atom is -0.394 e. The average Bonchev–Trinajstić information content (AvgIpc) is 2.54. The number of benzene rings is 1. The summed E-state index contributed by atoms with van der Waals surface area (Å²) in [5.41, 5.74) is 0.823. The number of urea groups is 1. The molecule has 0 aliphatic carbocycles. The van der Waals surface area contributed by atoms with Gasteiger partial charge in [0.25, 0.3) is 0 Å². The van der Waals surface area contributed by atoms with Crippen molar-refractivity contribution in [3.63, 3.8) is 0 Å². The predicted molar refractivity (Wildman–Crippen MR) is 84.9 cm³/mol. The van der Waals surface area contributed by atoms with Crippen molar-refractivity contribution in [2.75, 3.05) is 37.4 Å². The number of nitrogens with zero attached hydrogens (tertiary/aromatic N) is 1. The first-order chi connectivity index (χ1) is 10.3. The predicted octanol–water partition coefficient (Wildman–Crippen LogP) is 2.41. The molecular weight excluding hydrogens is 288 g/mol. The van der Waals surface area contributed by atoms with Crippen LogP contribution in [0.25, 0.3) is 0 Å². The molecule has 0 aromatic heterocycles. The minimum absolute atomic E-state index is 0.0837. The lowest BCUT2D eigenvalue weighted by atomic mass is 10.2. The maximum Gasteiger partial charge on any atom is 0.322 e. The lowest BCUT2D eigenvalue weighted by molar-refractivity contribution is -0.00485. The van der Waals surface area contributed by atoms with E-state index < -0.39 is 0 Å². The van der Waals surface area contributed by atoms with Crippen LogP contribution in [0.1, 0.15) is 13.3 Å². The zero-order valence-electron chi connectivity index (χ0n) is 12.2. The van der Waals surface area contributed by atoms with Gasteiger partial charge in [0.2, 0.25) is 0 Å². The number of aliphatic hydroxyl groups is 1. The van der Waals surface area contributed by atoms with Crippen molar-refractivity contribution in [3.05, 3.63) is 24.3 Å². The molecule has 1 fully saturated rings. The number of carbonyl (C=O) groups excluding carboxylic acids is 1. The number of nitrogens with one attached hydrogen (secondary N) is 1. The molecule has 1 aliphatic rings. The van der Waals surface area contributed by atoms with Crippen LogP contribution in [0.15, 0.2) is 29.2 Å². The SMILES string of the molecule is CCCSc1ccccc1NC(=O)N1CCOC[C@H]1CO. The van der Waals surface area contributed by atoms with Crippen molar-refractivity contribution in [3.8, 4) is 0 Å². The van der Waals surface area contributed by atoms with E-state index in [9.17, 15) is 9.90 Å². The summed E-state index contributed by atoms with van der Waals surface area (Å²) in [6.07, 6.45) is 1.09. The quantitative estimate of drug-likeness (QED) is 0.820. The Bertz CT molecular complexity index is 470. The average molecular weight is 310 g/mol. The zero-order valence-corrected chi connectivity index (χ0v) is 13.1.